The fraction of sp³-hybridized carbons (Fsp3) is 0.571. The van der Waals surface area contributed by atoms with Gasteiger partial charge < -0.3 is 5.11 Å². The van der Waals surface area contributed by atoms with Crippen LogP contribution in [0.15, 0.2) is 30.3 Å². The van der Waals surface area contributed by atoms with Crippen LogP contribution in [0.4, 0.5) is 0 Å². The van der Waals surface area contributed by atoms with Gasteiger partial charge in [-0.25, -0.2) is 0 Å². The van der Waals surface area contributed by atoms with Gasteiger partial charge in [0, 0.05) is 38.8 Å². The smallest absolute Gasteiger partial charge is 0.0558 e. The van der Waals surface area contributed by atoms with E-state index in [0.29, 0.717) is 6.04 Å². The van der Waals surface area contributed by atoms with Crippen molar-refractivity contribution in [3.8, 4) is 0 Å². The maximum Gasteiger partial charge on any atom is 0.0558 e. The molecular formula is C14H22N2O. The molecule has 0 spiro atoms. The second-order valence-corrected chi connectivity index (χ2v) is 4.83. The lowest BCUT2D eigenvalue weighted by Crippen LogP contribution is -2.52. The molecule has 2 rings (SSSR count). The number of hydrogen-bond acceptors (Lipinski definition) is 3. The number of piperazine rings is 1. The highest BCUT2D eigenvalue weighted by Gasteiger charge is 2.22. The van der Waals surface area contributed by atoms with Gasteiger partial charge in [0.25, 0.3) is 0 Å². The van der Waals surface area contributed by atoms with Crippen LogP contribution in [0.25, 0.3) is 0 Å². The van der Waals surface area contributed by atoms with Crippen molar-refractivity contribution in [1.29, 1.82) is 0 Å². The molecule has 0 amide bonds. The topological polar surface area (TPSA) is 26.7 Å². The summed E-state index contributed by atoms with van der Waals surface area (Å²) in [5, 5.41) is 8.98. The Kier molecular flexibility index (Phi) is 4.54. The maximum absolute atomic E-state index is 8.98. The molecule has 1 saturated heterocycles. The molecule has 17 heavy (non-hydrogen) atoms. The zero-order valence-corrected chi connectivity index (χ0v) is 10.5. The second kappa shape index (κ2) is 6.15. The third-order valence-corrected chi connectivity index (χ3v) is 3.49. The van der Waals surface area contributed by atoms with Crippen molar-refractivity contribution in [3.63, 3.8) is 0 Å². The van der Waals surface area contributed by atoms with Crippen LogP contribution in [-0.2, 0) is 6.54 Å². The molecule has 1 aliphatic heterocycles. The van der Waals surface area contributed by atoms with E-state index in [0.717, 1.165) is 32.7 Å². The predicted molar refractivity (Wildman–Crippen MR) is 69.8 cm³/mol. The molecular weight excluding hydrogens is 212 g/mol. The van der Waals surface area contributed by atoms with E-state index in [1.807, 2.05) is 0 Å². The Labute approximate surface area is 104 Å². The molecule has 0 aliphatic carbocycles. The molecule has 0 saturated carbocycles. The molecule has 1 aliphatic rings. The molecule has 1 heterocycles. The summed E-state index contributed by atoms with van der Waals surface area (Å²) >= 11 is 0. The van der Waals surface area contributed by atoms with Gasteiger partial charge in [0.05, 0.1) is 6.61 Å². The van der Waals surface area contributed by atoms with Crippen molar-refractivity contribution in [2.24, 2.45) is 0 Å². The van der Waals surface area contributed by atoms with Crippen LogP contribution in [0.3, 0.4) is 0 Å². The second-order valence-electron chi connectivity index (χ2n) is 4.83. The first-order valence-electron chi connectivity index (χ1n) is 6.41. The van der Waals surface area contributed by atoms with E-state index in [4.69, 9.17) is 5.11 Å². The van der Waals surface area contributed by atoms with Crippen LogP contribution in [-0.4, -0.2) is 53.7 Å². The molecule has 3 nitrogen and oxygen atoms in total. The molecule has 94 valence electrons. The minimum atomic E-state index is 0.267. The summed E-state index contributed by atoms with van der Waals surface area (Å²) in [6.45, 7) is 7.61. The monoisotopic (exact) mass is 234 g/mol. The number of rotatable bonds is 4. The van der Waals surface area contributed by atoms with Gasteiger partial charge in [0.2, 0.25) is 0 Å². The Morgan fingerprint density at radius 3 is 2.65 bits per heavy atom. The van der Waals surface area contributed by atoms with E-state index >= 15 is 0 Å². The highest BCUT2D eigenvalue weighted by molar-refractivity contribution is 5.14. The Morgan fingerprint density at radius 2 is 2.00 bits per heavy atom. The Hall–Kier alpha value is -0.900. The standard InChI is InChI=1S/C14H22N2O/c1-13-11-15(7-8-16(13)9-10-17)12-14-5-3-2-4-6-14/h2-6,13,17H,7-12H2,1H3/t13-/m1/s1. The number of nitrogens with zero attached hydrogens (tertiary/aromatic N) is 2. The number of benzene rings is 1. The first-order valence-corrected chi connectivity index (χ1v) is 6.41. The Morgan fingerprint density at radius 1 is 1.24 bits per heavy atom. The van der Waals surface area contributed by atoms with Gasteiger partial charge in [0.1, 0.15) is 0 Å². The van der Waals surface area contributed by atoms with E-state index in [9.17, 15) is 0 Å². The summed E-state index contributed by atoms with van der Waals surface area (Å²) in [6.07, 6.45) is 0. The molecule has 0 radical (unpaired) electrons. The van der Waals surface area contributed by atoms with Gasteiger partial charge in [-0.1, -0.05) is 30.3 Å². The Bertz CT molecular complexity index is 328. The lowest BCUT2D eigenvalue weighted by Gasteiger charge is -2.39. The molecule has 0 bridgehead atoms. The molecule has 1 aromatic rings. The zero-order valence-electron chi connectivity index (χ0n) is 10.5. The number of aliphatic hydroxyl groups excluding tert-OH is 1. The van der Waals surface area contributed by atoms with E-state index in [1.165, 1.54) is 5.56 Å². The molecule has 1 N–H and O–H groups in total. The van der Waals surface area contributed by atoms with Gasteiger partial charge in [-0.15, -0.1) is 0 Å². The van der Waals surface area contributed by atoms with Crippen molar-refractivity contribution >= 4 is 0 Å². The van der Waals surface area contributed by atoms with Crippen LogP contribution in [0.1, 0.15) is 12.5 Å². The number of β-amino-alcohol motifs (C(OH)–C–C–N with tert-alkyl or cyclic N) is 1. The summed E-state index contributed by atoms with van der Waals surface area (Å²) in [4.78, 5) is 4.86. The van der Waals surface area contributed by atoms with E-state index in [2.05, 4.69) is 47.1 Å². The fourth-order valence-electron chi connectivity index (χ4n) is 2.52. The summed E-state index contributed by atoms with van der Waals surface area (Å²) < 4.78 is 0. The van der Waals surface area contributed by atoms with E-state index < -0.39 is 0 Å². The molecule has 1 aromatic carbocycles. The van der Waals surface area contributed by atoms with E-state index in [1.54, 1.807) is 0 Å². The highest BCUT2D eigenvalue weighted by atomic mass is 16.3. The summed E-state index contributed by atoms with van der Waals surface area (Å²) in [6, 6.07) is 11.2. The van der Waals surface area contributed by atoms with Gasteiger partial charge >= 0.3 is 0 Å². The lowest BCUT2D eigenvalue weighted by molar-refractivity contribution is 0.0647. The first-order chi connectivity index (χ1) is 8.29. The van der Waals surface area contributed by atoms with Gasteiger partial charge in [-0.05, 0) is 12.5 Å². The normalized spacial score (nSPS) is 22.8. The van der Waals surface area contributed by atoms with Crippen molar-refractivity contribution in [2.45, 2.75) is 19.5 Å². The lowest BCUT2D eigenvalue weighted by atomic mass is 10.1. The fourth-order valence-corrected chi connectivity index (χ4v) is 2.52. The minimum Gasteiger partial charge on any atom is -0.395 e. The quantitative estimate of drug-likeness (QED) is 0.847. The highest BCUT2D eigenvalue weighted by Crippen LogP contribution is 2.12. The summed E-state index contributed by atoms with van der Waals surface area (Å²) in [5.41, 5.74) is 1.38. The third kappa shape index (κ3) is 3.53. The zero-order chi connectivity index (χ0) is 12.1. The summed E-state index contributed by atoms with van der Waals surface area (Å²) in [5.74, 6) is 0. The average molecular weight is 234 g/mol. The molecule has 3 heteroatoms. The average Bonchev–Trinajstić information content (AvgIpc) is 2.34. The van der Waals surface area contributed by atoms with Crippen LogP contribution in [0.2, 0.25) is 0 Å². The maximum atomic E-state index is 8.98. The third-order valence-electron chi connectivity index (χ3n) is 3.49. The number of hydrogen-bond donors (Lipinski definition) is 1. The van der Waals surface area contributed by atoms with Crippen molar-refractivity contribution in [2.75, 3.05) is 32.8 Å². The van der Waals surface area contributed by atoms with E-state index in [-0.39, 0.29) is 6.61 Å². The molecule has 0 unspecified atom stereocenters. The SMILES string of the molecule is C[C@@H]1CN(Cc2ccccc2)CCN1CCO. The van der Waals surface area contributed by atoms with Crippen molar-refractivity contribution in [1.82, 2.24) is 9.80 Å². The van der Waals surface area contributed by atoms with Crippen LogP contribution >= 0.6 is 0 Å². The van der Waals surface area contributed by atoms with Crippen LogP contribution < -0.4 is 0 Å². The van der Waals surface area contributed by atoms with Gasteiger partial charge in [0.15, 0.2) is 0 Å². The molecule has 1 fully saturated rings. The minimum absolute atomic E-state index is 0.267. The first kappa shape index (κ1) is 12.6. The molecule has 1 atom stereocenters. The van der Waals surface area contributed by atoms with Crippen LogP contribution in [0.5, 0.6) is 0 Å². The van der Waals surface area contributed by atoms with Crippen molar-refractivity contribution < 1.29 is 5.11 Å². The van der Waals surface area contributed by atoms with Crippen molar-refractivity contribution in [3.05, 3.63) is 35.9 Å². The van der Waals surface area contributed by atoms with Gasteiger partial charge in [-0.2, -0.15) is 0 Å². The predicted octanol–water partition coefficient (Wildman–Crippen LogP) is 1.19. The van der Waals surface area contributed by atoms with Crippen LogP contribution in [0, 0.1) is 0 Å². The Balaban J connectivity index is 1.85. The van der Waals surface area contributed by atoms with Gasteiger partial charge in [-0.3, -0.25) is 9.80 Å². The molecule has 0 aromatic heterocycles. The largest absolute Gasteiger partial charge is 0.395 e. The summed E-state index contributed by atoms with van der Waals surface area (Å²) in [7, 11) is 0. The number of aliphatic hydroxyl groups is 1.